The largest absolute Gasteiger partial charge is 0.497 e. The lowest BCUT2D eigenvalue weighted by Gasteiger charge is -2.38. The fraction of sp³-hybridized carbons (Fsp3) is 0.333. The second-order valence-corrected chi connectivity index (χ2v) is 18.2. The molecular formula is C45H51N6O7PS. The molecule has 7 rings (SSSR count). The van der Waals surface area contributed by atoms with Crippen LogP contribution in [0.5, 0.6) is 5.75 Å². The Morgan fingerprint density at radius 3 is 2.27 bits per heavy atom. The molecule has 1 aliphatic rings. The van der Waals surface area contributed by atoms with E-state index in [0.717, 1.165) is 45.3 Å². The van der Waals surface area contributed by atoms with Crippen molar-refractivity contribution in [3.05, 3.63) is 150 Å². The van der Waals surface area contributed by atoms with Gasteiger partial charge in [0.2, 0.25) is 0 Å². The summed E-state index contributed by atoms with van der Waals surface area (Å²) < 4.78 is 46.8. The molecule has 15 heteroatoms. The van der Waals surface area contributed by atoms with Crippen LogP contribution in [0.4, 0.5) is 5.82 Å². The molecule has 0 spiro atoms. The summed E-state index contributed by atoms with van der Waals surface area (Å²) in [4.78, 5) is 26.6. The number of aromatic nitrogens is 4. The third-order valence-electron chi connectivity index (χ3n) is 10.4. The first-order chi connectivity index (χ1) is 29.0. The number of hydrogen-bond donors (Lipinski definition) is 2. The number of benzene rings is 4. The Morgan fingerprint density at radius 2 is 1.57 bits per heavy atom. The molecule has 60 heavy (non-hydrogen) atoms. The van der Waals surface area contributed by atoms with Gasteiger partial charge >= 0.3 is 7.75 Å². The molecule has 0 aliphatic carbocycles. The smallest absolute Gasteiger partial charge is 0.405 e. The number of rotatable bonds is 19. The highest BCUT2D eigenvalue weighted by molar-refractivity contribution is 8.13. The first-order valence-electron chi connectivity index (χ1n) is 19.8. The molecule has 2 aromatic heterocycles. The molecule has 314 valence electrons. The Balaban J connectivity index is 1.00. The highest BCUT2D eigenvalue weighted by Gasteiger charge is 2.41. The van der Waals surface area contributed by atoms with E-state index in [1.807, 2.05) is 110 Å². The van der Waals surface area contributed by atoms with Crippen molar-refractivity contribution in [3.8, 4) is 5.75 Å². The van der Waals surface area contributed by atoms with Gasteiger partial charge in [-0.3, -0.25) is 18.4 Å². The maximum Gasteiger partial charge on any atom is 0.405 e. The summed E-state index contributed by atoms with van der Waals surface area (Å²) in [5, 5.41) is 2.91. The molecule has 3 N–H and O–H groups in total. The molecule has 3 heterocycles. The van der Waals surface area contributed by atoms with Crippen LogP contribution >= 0.6 is 19.5 Å². The van der Waals surface area contributed by atoms with E-state index in [0.29, 0.717) is 29.8 Å². The fourth-order valence-electron chi connectivity index (χ4n) is 7.06. The Bertz CT molecular complexity index is 2390. The van der Waals surface area contributed by atoms with Crippen LogP contribution in [-0.2, 0) is 40.0 Å². The van der Waals surface area contributed by atoms with E-state index >= 15 is 0 Å². The number of methoxy groups -OCH3 is 1. The third kappa shape index (κ3) is 9.98. The van der Waals surface area contributed by atoms with Crippen LogP contribution in [0.3, 0.4) is 0 Å². The minimum Gasteiger partial charge on any atom is -0.497 e. The number of imidazole rings is 1. The van der Waals surface area contributed by atoms with E-state index < -0.39 is 18.8 Å². The molecule has 0 saturated carbocycles. The van der Waals surface area contributed by atoms with Gasteiger partial charge in [0, 0.05) is 12.3 Å². The molecule has 4 aromatic carbocycles. The van der Waals surface area contributed by atoms with Gasteiger partial charge in [-0.2, -0.15) is 0 Å². The number of ether oxygens (including phenoxy) is 3. The van der Waals surface area contributed by atoms with Gasteiger partial charge in [-0.15, -0.1) is 0 Å². The van der Waals surface area contributed by atoms with E-state index in [1.54, 1.807) is 13.4 Å². The highest BCUT2D eigenvalue weighted by Crippen LogP contribution is 2.46. The van der Waals surface area contributed by atoms with Gasteiger partial charge in [-0.1, -0.05) is 114 Å². The topological polar surface area (TPSA) is 162 Å². The number of carbonyl (C=O) groups is 1. The van der Waals surface area contributed by atoms with Crippen molar-refractivity contribution in [1.29, 1.82) is 0 Å². The first-order valence-corrected chi connectivity index (χ1v) is 22.4. The molecule has 1 aliphatic heterocycles. The number of anilines is 1. The molecule has 1 saturated heterocycles. The van der Waals surface area contributed by atoms with Crippen molar-refractivity contribution in [3.63, 3.8) is 0 Å². The number of hydrogen-bond acceptors (Lipinski definition) is 12. The van der Waals surface area contributed by atoms with Gasteiger partial charge in [0.15, 0.2) is 16.6 Å². The molecule has 0 amide bonds. The summed E-state index contributed by atoms with van der Waals surface area (Å²) >= 11 is 1.11. The average molecular weight is 851 g/mol. The third-order valence-corrected chi connectivity index (χ3v) is 13.2. The lowest BCUT2D eigenvalue weighted by Crippen LogP contribution is -2.38. The Morgan fingerprint density at radius 1 is 0.900 bits per heavy atom. The quantitative estimate of drug-likeness (QED) is 0.0453. The van der Waals surface area contributed by atoms with Crippen LogP contribution in [0.2, 0.25) is 0 Å². The van der Waals surface area contributed by atoms with E-state index in [2.05, 4.69) is 44.3 Å². The van der Waals surface area contributed by atoms with E-state index in [-0.39, 0.29) is 49.6 Å². The van der Waals surface area contributed by atoms with Crippen LogP contribution in [0.15, 0.2) is 122 Å². The summed E-state index contributed by atoms with van der Waals surface area (Å²) in [5.74, 6) is 1.26. The molecule has 1 fully saturated rings. The number of nitrogens with two attached hydrogens (primary N) is 1. The first kappa shape index (κ1) is 43.2. The molecule has 13 nitrogen and oxygen atoms in total. The average Bonchev–Trinajstić information content (AvgIpc) is 3.94. The van der Waals surface area contributed by atoms with Gasteiger partial charge in [0.05, 0.1) is 44.8 Å². The van der Waals surface area contributed by atoms with Gasteiger partial charge in [0.1, 0.15) is 29.4 Å². The number of thioether (sulfide) groups is 1. The van der Waals surface area contributed by atoms with Crippen LogP contribution in [0.1, 0.15) is 60.7 Å². The Labute approximate surface area is 355 Å². The number of carbonyl (C=O) groups excluding carboxylic acids is 1. The number of nitrogens with one attached hydrogen (secondary N) is 1. The zero-order chi connectivity index (χ0) is 42.2. The van der Waals surface area contributed by atoms with Crippen LogP contribution in [0, 0.1) is 12.3 Å². The summed E-state index contributed by atoms with van der Waals surface area (Å²) in [7, 11) is -2.22. The zero-order valence-corrected chi connectivity index (χ0v) is 35.9. The predicted octanol–water partition coefficient (Wildman–Crippen LogP) is 8.63. The fourth-order valence-corrected chi connectivity index (χ4v) is 9.31. The van der Waals surface area contributed by atoms with Crippen molar-refractivity contribution in [2.24, 2.45) is 5.41 Å². The second-order valence-electron chi connectivity index (χ2n) is 15.3. The SMILES string of the molecule is COc1ccc(C(OCC(C)(C)C(=O)SCCOP(=O)(NCc2ccccc2)OC[C@H]2CC[C@@H](n3cnc4c(N)ncnc43)O2)(c2ccccc2)c2ccc(C)cc2)cc1. The van der Waals surface area contributed by atoms with Crippen molar-refractivity contribution in [2.45, 2.75) is 58.1 Å². The summed E-state index contributed by atoms with van der Waals surface area (Å²) in [6.45, 7) is 6.17. The van der Waals surface area contributed by atoms with Gasteiger partial charge < -0.3 is 19.9 Å². The summed E-state index contributed by atoms with van der Waals surface area (Å²) in [6, 6.07) is 35.7. The van der Waals surface area contributed by atoms with Crippen LogP contribution < -0.4 is 15.6 Å². The molecule has 0 radical (unpaired) electrons. The highest BCUT2D eigenvalue weighted by atomic mass is 32.2. The monoisotopic (exact) mass is 850 g/mol. The molecule has 6 aromatic rings. The van der Waals surface area contributed by atoms with E-state index in [4.69, 9.17) is 29.0 Å². The van der Waals surface area contributed by atoms with Crippen molar-refractivity contribution < 1.29 is 32.6 Å². The lowest BCUT2D eigenvalue weighted by molar-refractivity contribution is -0.124. The lowest BCUT2D eigenvalue weighted by atomic mass is 9.79. The van der Waals surface area contributed by atoms with E-state index in [1.165, 1.54) is 6.33 Å². The maximum absolute atomic E-state index is 14.2. The second kappa shape index (κ2) is 19.2. The van der Waals surface area contributed by atoms with Gasteiger partial charge in [-0.25, -0.2) is 24.6 Å². The normalized spacial score (nSPS) is 17.6. The number of nitrogen functional groups attached to an aromatic ring is 1. The van der Waals surface area contributed by atoms with Crippen molar-refractivity contribution >= 4 is 41.6 Å². The summed E-state index contributed by atoms with van der Waals surface area (Å²) in [6.07, 6.45) is 3.64. The van der Waals surface area contributed by atoms with Crippen LogP contribution in [0.25, 0.3) is 11.2 Å². The minimum atomic E-state index is -3.85. The number of aryl methyl sites for hydroxylation is 1. The summed E-state index contributed by atoms with van der Waals surface area (Å²) in [5.41, 5.74) is 9.91. The Kier molecular flexibility index (Phi) is 13.8. The molecule has 4 atom stereocenters. The number of fused-ring (bicyclic) bond motifs is 1. The minimum absolute atomic E-state index is 0.00805. The molecule has 2 unspecified atom stereocenters. The molecular weight excluding hydrogens is 800 g/mol. The maximum atomic E-state index is 14.2. The van der Waals surface area contributed by atoms with E-state index in [9.17, 15) is 9.36 Å². The van der Waals surface area contributed by atoms with Crippen molar-refractivity contribution in [2.75, 3.05) is 38.4 Å². The predicted molar refractivity (Wildman–Crippen MR) is 233 cm³/mol. The standard InChI is InChI=1S/C45H51N6O7PS/c1-32-15-17-35(18-16-32)45(34-13-9-6-10-14-34,36-19-21-37(54-4)22-20-36)55-29-44(2,3)43(52)60-26-25-56-59(53,50-27-33-11-7-5-8-12-33)57-28-38-23-24-39(58-38)51-31-49-40-41(46)47-30-48-42(40)51/h5-22,30-31,38-39H,23-29H2,1-4H3,(H,50,53)(H2,46,47,48)/t38-,39+,45?,59?/m1/s1. The number of nitrogens with zero attached hydrogens (tertiary/aromatic N) is 4. The van der Waals surface area contributed by atoms with Gasteiger partial charge in [-0.05, 0) is 68.0 Å². The van der Waals surface area contributed by atoms with Crippen molar-refractivity contribution in [1.82, 2.24) is 24.6 Å². The van der Waals surface area contributed by atoms with Crippen LogP contribution in [-0.4, -0.2) is 63.4 Å². The van der Waals surface area contributed by atoms with Gasteiger partial charge in [0.25, 0.3) is 0 Å². The Hall–Kier alpha value is -4.92. The zero-order valence-electron chi connectivity index (χ0n) is 34.2. The molecule has 0 bridgehead atoms.